The number of hydrogen-bond donors (Lipinski definition) is 1. The number of ketones is 1. The van der Waals surface area contributed by atoms with E-state index < -0.39 is 0 Å². The molecule has 0 unspecified atom stereocenters. The van der Waals surface area contributed by atoms with Crippen molar-refractivity contribution >= 4 is 34.0 Å². The molecule has 21 heavy (non-hydrogen) atoms. The number of rotatable bonds is 2. The number of halogens is 1. The quantitative estimate of drug-likeness (QED) is 0.575. The van der Waals surface area contributed by atoms with E-state index in [1.165, 1.54) is 0 Å². The van der Waals surface area contributed by atoms with Gasteiger partial charge in [0.05, 0.1) is 10.7 Å². The van der Waals surface area contributed by atoms with Crippen LogP contribution in [0.2, 0.25) is 5.02 Å². The minimum Gasteiger partial charge on any atom is -0.397 e. The lowest BCUT2D eigenvalue weighted by Crippen LogP contribution is -2.05. The normalized spacial score (nSPS) is 11.0. The lowest BCUT2D eigenvalue weighted by atomic mass is 10.0. The Morgan fingerprint density at radius 2 is 1.95 bits per heavy atom. The number of nitrogen functional groups attached to an aromatic ring is 1. The average Bonchev–Trinajstić information content (AvgIpc) is 2.78. The Labute approximate surface area is 127 Å². The Morgan fingerprint density at radius 1 is 1.19 bits per heavy atom. The SMILES string of the molecule is Cc1ccc2c(C(=O)c3cccc(Cl)c3N)cn(C)c2c1. The highest BCUT2D eigenvalue weighted by atomic mass is 35.5. The van der Waals surface area contributed by atoms with Crippen molar-refractivity contribution in [2.45, 2.75) is 6.92 Å². The number of benzene rings is 2. The maximum absolute atomic E-state index is 12.8. The van der Waals surface area contributed by atoms with Gasteiger partial charge in [0, 0.05) is 35.3 Å². The van der Waals surface area contributed by atoms with Crippen LogP contribution < -0.4 is 5.73 Å². The second kappa shape index (κ2) is 4.93. The number of anilines is 1. The van der Waals surface area contributed by atoms with Gasteiger partial charge < -0.3 is 10.3 Å². The molecule has 0 atom stereocenters. The molecule has 0 saturated heterocycles. The summed E-state index contributed by atoms with van der Waals surface area (Å²) in [6, 6.07) is 11.2. The third-order valence-corrected chi connectivity index (χ3v) is 4.02. The van der Waals surface area contributed by atoms with Gasteiger partial charge in [0.1, 0.15) is 0 Å². The van der Waals surface area contributed by atoms with Gasteiger partial charge in [0.25, 0.3) is 0 Å². The molecule has 0 spiro atoms. The van der Waals surface area contributed by atoms with Gasteiger partial charge in [-0.05, 0) is 30.7 Å². The van der Waals surface area contributed by atoms with Crippen LogP contribution in [0.3, 0.4) is 0 Å². The summed E-state index contributed by atoms with van der Waals surface area (Å²) in [6.07, 6.45) is 1.84. The summed E-state index contributed by atoms with van der Waals surface area (Å²) in [5, 5.41) is 1.32. The zero-order chi connectivity index (χ0) is 15.1. The minimum atomic E-state index is -0.107. The van der Waals surface area contributed by atoms with E-state index in [4.69, 9.17) is 17.3 Å². The van der Waals surface area contributed by atoms with Crippen LogP contribution >= 0.6 is 11.6 Å². The number of nitrogens with two attached hydrogens (primary N) is 1. The van der Waals surface area contributed by atoms with Crippen LogP contribution in [0.5, 0.6) is 0 Å². The molecule has 2 N–H and O–H groups in total. The Bertz CT molecular complexity index is 865. The van der Waals surface area contributed by atoms with E-state index in [1.54, 1.807) is 18.2 Å². The standard InChI is InChI=1S/C17H15ClN2O/c1-10-6-7-11-13(9-20(2)15(11)8-10)17(21)12-4-3-5-14(18)16(12)19/h3-9H,19H2,1-2H3. The Kier molecular flexibility index (Phi) is 3.22. The Balaban J connectivity index is 2.21. The largest absolute Gasteiger partial charge is 0.397 e. The second-order valence-electron chi connectivity index (χ2n) is 5.20. The van der Waals surface area contributed by atoms with E-state index in [0.717, 1.165) is 16.5 Å². The van der Waals surface area contributed by atoms with Crippen LogP contribution in [0, 0.1) is 6.92 Å². The highest BCUT2D eigenvalue weighted by Gasteiger charge is 2.18. The summed E-state index contributed by atoms with van der Waals surface area (Å²) in [7, 11) is 1.93. The molecule has 0 aliphatic rings. The number of nitrogens with zero attached hydrogens (tertiary/aromatic N) is 1. The molecular weight excluding hydrogens is 284 g/mol. The maximum Gasteiger partial charge on any atom is 0.197 e. The van der Waals surface area contributed by atoms with Crippen molar-refractivity contribution < 1.29 is 4.79 Å². The van der Waals surface area contributed by atoms with Crippen LogP contribution in [-0.4, -0.2) is 10.4 Å². The molecule has 1 aromatic heterocycles. The Morgan fingerprint density at radius 3 is 2.71 bits per heavy atom. The van der Waals surface area contributed by atoms with Crippen LogP contribution in [0.15, 0.2) is 42.6 Å². The fourth-order valence-corrected chi connectivity index (χ4v) is 2.73. The summed E-state index contributed by atoms with van der Waals surface area (Å²) in [4.78, 5) is 12.8. The average molecular weight is 299 g/mol. The number of aromatic nitrogens is 1. The Hall–Kier alpha value is -2.26. The van der Waals surface area contributed by atoms with Crippen molar-refractivity contribution in [2.75, 3.05) is 5.73 Å². The topological polar surface area (TPSA) is 48.0 Å². The molecule has 0 aliphatic heterocycles. The summed E-state index contributed by atoms with van der Waals surface area (Å²) >= 11 is 6.01. The molecule has 3 aromatic rings. The van der Waals surface area contributed by atoms with Gasteiger partial charge in [-0.15, -0.1) is 0 Å². The highest BCUT2D eigenvalue weighted by Crippen LogP contribution is 2.28. The smallest absolute Gasteiger partial charge is 0.197 e. The number of fused-ring (bicyclic) bond motifs is 1. The molecule has 0 bridgehead atoms. The molecule has 106 valence electrons. The van der Waals surface area contributed by atoms with Crippen molar-refractivity contribution in [3.63, 3.8) is 0 Å². The lowest BCUT2D eigenvalue weighted by molar-refractivity contribution is 0.104. The van der Waals surface area contributed by atoms with Gasteiger partial charge in [-0.1, -0.05) is 29.8 Å². The van der Waals surface area contributed by atoms with Gasteiger partial charge >= 0.3 is 0 Å². The maximum atomic E-state index is 12.8. The molecule has 0 saturated carbocycles. The number of carbonyl (C=O) groups excluding carboxylic acids is 1. The number of aryl methyl sites for hydroxylation is 2. The van der Waals surface area contributed by atoms with Crippen LogP contribution in [0.25, 0.3) is 10.9 Å². The van der Waals surface area contributed by atoms with Crippen LogP contribution in [0.4, 0.5) is 5.69 Å². The highest BCUT2D eigenvalue weighted by molar-refractivity contribution is 6.34. The van der Waals surface area contributed by atoms with Crippen molar-refractivity contribution in [2.24, 2.45) is 7.05 Å². The van der Waals surface area contributed by atoms with Gasteiger partial charge in [0.15, 0.2) is 5.78 Å². The molecule has 0 amide bonds. The summed E-state index contributed by atoms with van der Waals surface area (Å²) < 4.78 is 1.95. The number of hydrogen-bond acceptors (Lipinski definition) is 2. The van der Waals surface area contributed by atoms with Gasteiger partial charge in [-0.3, -0.25) is 4.79 Å². The fraction of sp³-hybridized carbons (Fsp3) is 0.118. The second-order valence-corrected chi connectivity index (χ2v) is 5.61. The third kappa shape index (κ3) is 2.20. The van der Waals surface area contributed by atoms with E-state index in [1.807, 2.05) is 36.9 Å². The summed E-state index contributed by atoms with van der Waals surface area (Å²) in [5.74, 6) is -0.107. The molecule has 3 rings (SSSR count). The molecule has 0 fully saturated rings. The first-order chi connectivity index (χ1) is 9.99. The van der Waals surface area contributed by atoms with Crippen molar-refractivity contribution in [3.8, 4) is 0 Å². The van der Waals surface area contributed by atoms with Gasteiger partial charge in [0.2, 0.25) is 0 Å². The van der Waals surface area contributed by atoms with Crippen molar-refractivity contribution in [1.29, 1.82) is 0 Å². The van der Waals surface area contributed by atoms with Crippen LogP contribution in [-0.2, 0) is 7.05 Å². The zero-order valence-corrected chi connectivity index (χ0v) is 12.6. The molecule has 0 radical (unpaired) electrons. The van der Waals surface area contributed by atoms with Crippen molar-refractivity contribution in [1.82, 2.24) is 4.57 Å². The van der Waals surface area contributed by atoms with E-state index >= 15 is 0 Å². The van der Waals surface area contributed by atoms with E-state index in [9.17, 15) is 4.79 Å². The zero-order valence-electron chi connectivity index (χ0n) is 11.9. The molecule has 4 heteroatoms. The predicted octanol–water partition coefficient (Wildman–Crippen LogP) is 3.95. The number of carbonyl (C=O) groups is 1. The first-order valence-electron chi connectivity index (χ1n) is 6.63. The monoisotopic (exact) mass is 298 g/mol. The van der Waals surface area contributed by atoms with Crippen molar-refractivity contribution in [3.05, 3.63) is 64.3 Å². The van der Waals surface area contributed by atoms with Gasteiger partial charge in [-0.2, -0.15) is 0 Å². The minimum absolute atomic E-state index is 0.107. The number of para-hydroxylation sites is 1. The molecule has 0 aliphatic carbocycles. The first-order valence-corrected chi connectivity index (χ1v) is 7.01. The van der Waals surface area contributed by atoms with Crippen LogP contribution in [0.1, 0.15) is 21.5 Å². The van der Waals surface area contributed by atoms with E-state index in [-0.39, 0.29) is 5.78 Å². The molecule has 2 aromatic carbocycles. The summed E-state index contributed by atoms with van der Waals surface area (Å²) in [6.45, 7) is 2.03. The fourth-order valence-electron chi connectivity index (χ4n) is 2.56. The van der Waals surface area contributed by atoms with E-state index in [0.29, 0.717) is 21.8 Å². The molecule has 1 heterocycles. The van der Waals surface area contributed by atoms with Gasteiger partial charge in [-0.25, -0.2) is 0 Å². The predicted molar refractivity (Wildman–Crippen MR) is 87.0 cm³/mol. The first kappa shape index (κ1) is 13.7. The third-order valence-electron chi connectivity index (χ3n) is 3.69. The molecule has 3 nitrogen and oxygen atoms in total. The lowest BCUT2D eigenvalue weighted by Gasteiger charge is -2.05. The summed E-state index contributed by atoms with van der Waals surface area (Å²) in [5.41, 5.74) is 9.53. The molecular formula is C17H15ClN2O. The van der Waals surface area contributed by atoms with E-state index in [2.05, 4.69) is 6.07 Å².